The topological polar surface area (TPSA) is 90.5 Å². The molecule has 6 heteroatoms. The van der Waals surface area contributed by atoms with Crippen molar-refractivity contribution in [1.82, 2.24) is 9.88 Å². The number of hydrogen-bond acceptors (Lipinski definition) is 3. The van der Waals surface area contributed by atoms with Crippen LogP contribution in [-0.2, 0) is 20.8 Å². The van der Waals surface area contributed by atoms with Gasteiger partial charge in [-0.25, -0.2) is 4.79 Å². The zero-order valence-corrected chi connectivity index (χ0v) is 13.2. The van der Waals surface area contributed by atoms with Gasteiger partial charge in [0.05, 0.1) is 0 Å². The number of carbonyl (C=O) groups is 3. The average Bonchev–Trinajstić information content (AvgIpc) is 2.96. The Balaban J connectivity index is 2.39. The highest BCUT2D eigenvalue weighted by Crippen LogP contribution is 2.21. The fourth-order valence-electron chi connectivity index (χ4n) is 2.63. The quantitative estimate of drug-likeness (QED) is 0.856. The van der Waals surface area contributed by atoms with Crippen molar-refractivity contribution < 1.29 is 19.5 Å². The largest absolute Gasteiger partial charge is 0.480 e. The van der Waals surface area contributed by atoms with Gasteiger partial charge in [0.2, 0.25) is 11.8 Å². The lowest BCUT2D eigenvalue weighted by Crippen LogP contribution is -2.49. The number of carbonyl (C=O) groups excluding carboxylic acids is 2. The van der Waals surface area contributed by atoms with E-state index in [1.165, 1.54) is 0 Å². The van der Waals surface area contributed by atoms with Gasteiger partial charge in [-0.15, -0.1) is 0 Å². The molecular weight excluding hydrogens is 296 g/mol. The first kappa shape index (κ1) is 16.7. The lowest BCUT2D eigenvalue weighted by molar-refractivity contribution is -0.157. The number of carboxylic acids is 1. The van der Waals surface area contributed by atoms with Gasteiger partial charge in [-0.05, 0) is 11.6 Å². The van der Waals surface area contributed by atoms with E-state index < -0.39 is 23.8 Å². The van der Waals surface area contributed by atoms with E-state index in [0.29, 0.717) is 0 Å². The number of nitrogens with zero attached hydrogens (tertiary/aromatic N) is 1. The molecule has 2 aromatic rings. The summed E-state index contributed by atoms with van der Waals surface area (Å²) >= 11 is 0. The Labute approximate surface area is 134 Å². The van der Waals surface area contributed by atoms with E-state index in [2.05, 4.69) is 4.98 Å². The summed E-state index contributed by atoms with van der Waals surface area (Å²) in [7, 11) is 0. The molecule has 0 saturated heterocycles. The third kappa shape index (κ3) is 3.41. The van der Waals surface area contributed by atoms with Crippen LogP contribution in [0.1, 0.15) is 32.3 Å². The first-order valence-electron chi connectivity index (χ1n) is 7.62. The Morgan fingerprint density at radius 1 is 1.13 bits per heavy atom. The number of rotatable bonds is 6. The van der Waals surface area contributed by atoms with E-state index in [0.717, 1.165) is 21.4 Å². The highest BCUT2D eigenvalue weighted by Gasteiger charge is 2.33. The van der Waals surface area contributed by atoms with Crippen LogP contribution >= 0.6 is 0 Å². The number of amides is 2. The third-order valence-corrected chi connectivity index (χ3v) is 3.83. The summed E-state index contributed by atoms with van der Waals surface area (Å²) in [4.78, 5) is 39.8. The standard InChI is InChI=1S/C17H20N2O4/c1-3-15(20)19(16(21)4-2)14(17(22)23)9-11-10-18-13-8-6-5-7-12(11)13/h5-8,10,14,18H,3-4,9H2,1-2H3,(H,22,23). The van der Waals surface area contributed by atoms with Gasteiger partial charge in [0.15, 0.2) is 0 Å². The van der Waals surface area contributed by atoms with Gasteiger partial charge in [0.25, 0.3) is 0 Å². The molecule has 23 heavy (non-hydrogen) atoms. The average molecular weight is 316 g/mol. The number of aromatic amines is 1. The molecule has 1 aromatic heterocycles. The molecule has 0 aliphatic carbocycles. The number of aromatic nitrogens is 1. The van der Waals surface area contributed by atoms with Gasteiger partial charge in [-0.2, -0.15) is 0 Å². The fourth-order valence-corrected chi connectivity index (χ4v) is 2.63. The second kappa shape index (κ2) is 7.09. The number of aliphatic carboxylic acids is 1. The van der Waals surface area contributed by atoms with Crippen LogP contribution in [0.2, 0.25) is 0 Å². The second-order valence-corrected chi connectivity index (χ2v) is 5.28. The molecule has 0 fully saturated rings. The predicted molar refractivity (Wildman–Crippen MR) is 85.9 cm³/mol. The molecule has 0 bridgehead atoms. The first-order valence-corrected chi connectivity index (χ1v) is 7.62. The van der Waals surface area contributed by atoms with Crippen LogP contribution in [0.4, 0.5) is 0 Å². The summed E-state index contributed by atoms with van der Waals surface area (Å²) in [5.74, 6) is -2.12. The monoisotopic (exact) mass is 316 g/mol. The zero-order valence-electron chi connectivity index (χ0n) is 13.2. The van der Waals surface area contributed by atoms with E-state index in [-0.39, 0.29) is 19.3 Å². The minimum atomic E-state index is -1.20. The minimum absolute atomic E-state index is 0.0802. The zero-order chi connectivity index (χ0) is 17.0. The maximum absolute atomic E-state index is 12.1. The molecule has 0 aliphatic heterocycles. The normalized spacial score (nSPS) is 12.1. The number of fused-ring (bicyclic) bond motifs is 1. The lowest BCUT2D eigenvalue weighted by atomic mass is 10.0. The van der Waals surface area contributed by atoms with E-state index in [4.69, 9.17) is 0 Å². The number of imide groups is 1. The molecule has 1 atom stereocenters. The summed E-state index contributed by atoms with van der Waals surface area (Å²) in [6.45, 7) is 3.23. The molecule has 0 saturated carbocycles. The van der Waals surface area contributed by atoms with Crippen LogP contribution in [0.15, 0.2) is 30.5 Å². The van der Waals surface area contributed by atoms with Gasteiger partial charge in [0, 0.05) is 36.4 Å². The highest BCUT2D eigenvalue weighted by molar-refractivity contribution is 5.99. The Kier molecular flexibility index (Phi) is 5.16. The number of hydrogen-bond donors (Lipinski definition) is 2. The molecular formula is C17H20N2O4. The Hall–Kier alpha value is -2.63. The van der Waals surface area contributed by atoms with Crippen LogP contribution < -0.4 is 0 Å². The van der Waals surface area contributed by atoms with Crippen molar-refractivity contribution in [2.75, 3.05) is 0 Å². The predicted octanol–water partition coefficient (Wildman–Crippen LogP) is 2.34. The molecule has 6 nitrogen and oxygen atoms in total. The van der Waals surface area contributed by atoms with E-state index in [1.807, 2.05) is 24.3 Å². The number of H-pyrrole nitrogens is 1. The van der Waals surface area contributed by atoms with Crippen molar-refractivity contribution in [3.63, 3.8) is 0 Å². The van der Waals surface area contributed by atoms with E-state index in [1.54, 1.807) is 20.0 Å². The van der Waals surface area contributed by atoms with Gasteiger partial charge >= 0.3 is 5.97 Å². The summed E-state index contributed by atoms with van der Waals surface area (Å²) in [6.07, 6.45) is 1.98. The van der Waals surface area contributed by atoms with Crippen LogP contribution in [0.3, 0.4) is 0 Å². The fraction of sp³-hybridized carbons (Fsp3) is 0.353. The molecule has 2 rings (SSSR count). The molecule has 0 spiro atoms. The smallest absolute Gasteiger partial charge is 0.327 e. The second-order valence-electron chi connectivity index (χ2n) is 5.28. The lowest BCUT2D eigenvalue weighted by Gasteiger charge is -2.26. The van der Waals surface area contributed by atoms with Crippen molar-refractivity contribution >= 4 is 28.7 Å². The summed E-state index contributed by atoms with van der Waals surface area (Å²) in [5, 5.41) is 10.4. The minimum Gasteiger partial charge on any atom is -0.480 e. The number of carboxylic acid groups (broad SMARTS) is 1. The van der Waals surface area contributed by atoms with Gasteiger partial charge in [-0.3, -0.25) is 14.5 Å². The van der Waals surface area contributed by atoms with Crippen molar-refractivity contribution in [3.8, 4) is 0 Å². The molecule has 122 valence electrons. The Morgan fingerprint density at radius 3 is 2.30 bits per heavy atom. The molecule has 0 aliphatic rings. The maximum Gasteiger partial charge on any atom is 0.327 e. The van der Waals surface area contributed by atoms with Crippen LogP contribution in [0.5, 0.6) is 0 Å². The van der Waals surface area contributed by atoms with Crippen LogP contribution in [0.25, 0.3) is 10.9 Å². The molecule has 1 unspecified atom stereocenters. The van der Waals surface area contributed by atoms with E-state index >= 15 is 0 Å². The molecule has 0 radical (unpaired) electrons. The highest BCUT2D eigenvalue weighted by atomic mass is 16.4. The van der Waals surface area contributed by atoms with E-state index in [9.17, 15) is 19.5 Å². The number of para-hydroxylation sites is 1. The molecule has 2 N–H and O–H groups in total. The van der Waals surface area contributed by atoms with Crippen LogP contribution in [0, 0.1) is 0 Å². The number of nitrogens with one attached hydrogen (secondary N) is 1. The van der Waals surface area contributed by atoms with Crippen LogP contribution in [-0.4, -0.2) is 38.8 Å². The summed E-state index contributed by atoms with van der Waals surface area (Å²) in [6, 6.07) is 6.31. The summed E-state index contributed by atoms with van der Waals surface area (Å²) in [5.41, 5.74) is 1.66. The first-order chi connectivity index (χ1) is 11.0. The van der Waals surface area contributed by atoms with Crippen molar-refractivity contribution in [2.24, 2.45) is 0 Å². The van der Waals surface area contributed by atoms with Crippen molar-refractivity contribution in [1.29, 1.82) is 0 Å². The Morgan fingerprint density at radius 2 is 1.74 bits per heavy atom. The van der Waals surface area contributed by atoms with Gasteiger partial charge in [0.1, 0.15) is 6.04 Å². The maximum atomic E-state index is 12.1. The van der Waals surface area contributed by atoms with Gasteiger partial charge < -0.3 is 10.1 Å². The third-order valence-electron chi connectivity index (χ3n) is 3.83. The molecule has 1 aromatic carbocycles. The molecule has 1 heterocycles. The molecule has 2 amide bonds. The van der Waals surface area contributed by atoms with Crippen molar-refractivity contribution in [3.05, 3.63) is 36.0 Å². The van der Waals surface area contributed by atoms with Crippen molar-refractivity contribution in [2.45, 2.75) is 39.2 Å². The Bertz CT molecular complexity index is 719. The number of benzene rings is 1. The summed E-state index contributed by atoms with van der Waals surface area (Å²) < 4.78 is 0. The van der Waals surface area contributed by atoms with Gasteiger partial charge in [-0.1, -0.05) is 32.0 Å². The SMILES string of the molecule is CCC(=O)N(C(=O)CC)C(Cc1c[nH]c2ccccc12)C(=O)O.